The van der Waals surface area contributed by atoms with E-state index in [0.29, 0.717) is 17.7 Å². The van der Waals surface area contributed by atoms with E-state index in [1.807, 2.05) is 36.4 Å². The molecule has 0 bridgehead atoms. The highest BCUT2D eigenvalue weighted by Crippen LogP contribution is 2.36. The molecule has 1 N–H and O–H groups in total. The quantitative estimate of drug-likeness (QED) is 0.658. The van der Waals surface area contributed by atoms with E-state index < -0.39 is 0 Å². The second kappa shape index (κ2) is 8.27. The Morgan fingerprint density at radius 3 is 2.50 bits per heavy atom. The molecule has 0 atom stereocenters. The van der Waals surface area contributed by atoms with E-state index in [1.54, 1.807) is 6.07 Å². The zero-order chi connectivity index (χ0) is 19.5. The minimum atomic E-state index is -0.0987. The molecule has 0 spiro atoms. The van der Waals surface area contributed by atoms with Crippen molar-refractivity contribution in [3.05, 3.63) is 59.2 Å². The van der Waals surface area contributed by atoms with Gasteiger partial charge in [0.1, 0.15) is 0 Å². The van der Waals surface area contributed by atoms with Gasteiger partial charge in [-0.15, -0.1) is 0 Å². The molecule has 2 aliphatic rings. The van der Waals surface area contributed by atoms with Crippen molar-refractivity contribution in [1.29, 1.82) is 0 Å². The fourth-order valence-corrected chi connectivity index (χ4v) is 4.22. The molecule has 4 nitrogen and oxygen atoms in total. The van der Waals surface area contributed by atoms with E-state index in [0.717, 1.165) is 42.0 Å². The van der Waals surface area contributed by atoms with Gasteiger partial charge < -0.3 is 10.2 Å². The Kier molecular flexibility index (Phi) is 5.58. The maximum atomic E-state index is 12.6. The van der Waals surface area contributed by atoms with Gasteiger partial charge in [0.05, 0.1) is 0 Å². The highest BCUT2D eigenvalue weighted by molar-refractivity contribution is 6.22. The van der Waals surface area contributed by atoms with Crippen LogP contribution < -0.4 is 5.32 Å². The van der Waals surface area contributed by atoms with Crippen LogP contribution in [-0.4, -0.2) is 42.8 Å². The Morgan fingerprint density at radius 1 is 1.00 bits per heavy atom. The molecule has 1 amide bonds. The number of nitrogens with one attached hydrogen (secondary N) is 1. The average Bonchev–Trinajstić information content (AvgIpc) is 3.01. The molecule has 1 aliphatic heterocycles. The zero-order valence-corrected chi connectivity index (χ0v) is 16.5. The molecule has 1 saturated heterocycles. The van der Waals surface area contributed by atoms with Gasteiger partial charge in [-0.05, 0) is 74.5 Å². The first kappa shape index (κ1) is 18.9. The lowest BCUT2D eigenvalue weighted by Crippen LogP contribution is -2.34. The van der Waals surface area contributed by atoms with Crippen molar-refractivity contribution < 1.29 is 9.59 Å². The Bertz CT molecular complexity index is 882. The van der Waals surface area contributed by atoms with E-state index in [9.17, 15) is 9.59 Å². The average molecular weight is 377 g/mol. The summed E-state index contributed by atoms with van der Waals surface area (Å²) in [6, 6.07) is 13.1. The highest BCUT2D eigenvalue weighted by atomic mass is 16.1. The van der Waals surface area contributed by atoms with Crippen LogP contribution in [0.3, 0.4) is 0 Å². The molecular weight excluding hydrogens is 348 g/mol. The van der Waals surface area contributed by atoms with Crippen LogP contribution in [-0.2, 0) is 0 Å². The van der Waals surface area contributed by atoms with Crippen LogP contribution in [0.2, 0.25) is 0 Å². The summed E-state index contributed by atoms with van der Waals surface area (Å²) in [7, 11) is 0. The van der Waals surface area contributed by atoms with E-state index in [4.69, 9.17) is 0 Å². The molecule has 0 radical (unpaired) electrons. The lowest BCUT2D eigenvalue weighted by molar-refractivity contribution is 0.0952. The number of nitrogens with zero attached hydrogens (tertiary/aromatic N) is 1. The number of carbonyl (C=O) groups excluding carboxylic acids is 2. The number of likely N-dealkylation sites (tertiary alicyclic amines) is 1. The van der Waals surface area contributed by atoms with Crippen LogP contribution in [0.15, 0.2) is 42.5 Å². The number of carbonyl (C=O) groups is 2. The first-order chi connectivity index (χ1) is 13.6. The lowest BCUT2D eigenvalue weighted by Gasteiger charge is -2.30. The van der Waals surface area contributed by atoms with E-state index in [2.05, 4.69) is 17.1 Å². The van der Waals surface area contributed by atoms with Crippen LogP contribution in [0.25, 0.3) is 11.1 Å². The summed E-state index contributed by atoms with van der Waals surface area (Å²) in [6.45, 7) is 6.54. The summed E-state index contributed by atoms with van der Waals surface area (Å²) < 4.78 is 0. The molecule has 2 aromatic rings. The van der Waals surface area contributed by atoms with Gasteiger partial charge in [0, 0.05) is 23.2 Å². The summed E-state index contributed by atoms with van der Waals surface area (Å²) in [5.41, 5.74) is 3.80. The molecule has 146 valence electrons. The lowest BCUT2D eigenvalue weighted by atomic mass is 9.99. The van der Waals surface area contributed by atoms with Crippen molar-refractivity contribution in [1.82, 2.24) is 10.2 Å². The second-order valence-electron chi connectivity index (χ2n) is 8.12. The number of rotatable bonds is 6. The summed E-state index contributed by atoms with van der Waals surface area (Å²) in [5, 5.41) is 3.00. The molecule has 4 heteroatoms. The van der Waals surface area contributed by atoms with Crippen molar-refractivity contribution in [2.45, 2.75) is 32.6 Å². The third-order valence-electron chi connectivity index (χ3n) is 6.05. The van der Waals surface area contributed by atoms with Crippen molar-refractivity contribution in [3.63, 3.8) is 0 Å². The van der Waals surface area contributed by atoms with Crippen molar-refractivity contribution in [3.8, 4) is 11.1 Å². The molecule has 1 fully saturated rings. The van der Waals surface area contributed by atoms with Gasteiger partial charge in [-0.2, -0.15) is 0 Å². The number of benzene rings is 2. The monoisotopic (exact) mass is 376 g/mol. The third kappa shape index (κ3) is 3.88. The molecular formula is C24H28N2O2. The molecule has 0 aromatic heterocycles. The summed E-state index contributed by atoms with van der Waals surface area (Å²) in [5.74, 6) is 0.775. The van der Waals surface area contributed by atoms with Crippen LogP contribution >= 0.6 is 0 Å². The predicted molar refractivity (Wildman–Crippen MR) is 112 cm³/mol. The van der Waals surface area contributed by atoms with E-state index in [1.165, 1.54) is 25.9 Å². The first-order valence-corrected chi connectivity index (χ1v) is 10.4. The minimum Gasteiger partial charge on any atom is -0.352 e. The van der Waals surface area contributed by atoms with Crippen molar-refractivity contribution in [2.75, 3.05) is 26.2 Å². The number of amides is 1. The van der Waals surface area contributed by atoms with Crippen LogP contribution in [0.4, 0.5) is 0 Å². The summed E-state index contributed by atoms with van der Waals surface area (Å²) in [4.78, 5) is 27.6. The van der Waals surface area contributed by atoms with E-state index in [-0.39, 0.29) is 11.7 Å². The van der Waals surface area contributed by atoms with Crippen LogP contribution in [0.1, 0.15) is 58.9 Å². The molecule has 4 rings (SSSR count). The fraction of sp³-hybridized carbons (Fsp3) is 0.417. The standard InChI is InChI=1S/C24H28N2O2/c1-17-10-14-26(15-11-17)13-5-4-12-25-24(28)18-8-9-20-19-6-2-3-7-21(19)23(27)22(20)16-18/h2-3,6-9,16-17H,4-5,10-15H2,1H3,(H,25,28). The van der Waals surface area contributed by atoms with Crippen molar-refractivity contribution in [2.24, 2.45) is 5.92 Å². The molecule has 1 aliphatic carbocycles. The van der Waals surface area contributed by atoms with Crippen molar-refractivity contribution >= 4 is 11.7 Å². The number of hydrogen-bond acceptors (Lipinski definition) is 3. The molecule has 1 heterocycles. The van der Waals surface area contributed by atoms with Gasteiger partial charge in [-0.25, -0.2) is 0 Å². The van der Waals surface area contributed by atoms with E-state index >= 15 is 0 Å². The summed E-state index contributed by atoms with van der Waals surface area (Å²) >= 11 is 0. The number of fused-ring (bicyclic) bond motifs is 3. The number of unbranched alkanes of at least 4 members (excludes halogenated alkanes) is 1. The number of ketones is 1. The van der Waals surface area contributed by atoms with Gasteiger partial charge in [0.25, 0.3) is 5.91 Å². The molecule has 2 aromatic carbocycles. The topological polar surface area (TPSA) is 49.4 Å². The van der Waals surface area contributed by atoms with Gasteiger partial charge in [-0.1, -0.05) is 37.3 Å². The molecule has 28 heavy (non-hydrogen) atoms. The predicted octanol–water partition coefficient (Wildman–Crippen LogP) is 4.14. The maximum absolute atomic E-state index is 12.6. The molecule has 0 unspecified atom stereocenters. The largest absolute Gasteiger partial charge is 0.352 e. The second-order valence-corrected chi connectivity index (χ2v) is 8.12. The van der Waals surface area contributed by atoms with Gasteiger partial charge in [0.15, 0.2) is 5.78 Å². The third-order valence-corrected chi connectivity index (χ3v) is 6.05. The minimum absolute atomic E-state index is 0.0103. The Labute approximate surface area is 166 Å². The van der Waals surface area contributed by atoms with Gasteiger partial charge in [0.2, 0.25) is 0 Å². The van der Waals surface area contributed by atoms with Crippen LogP contribution in [0, 0.1) is 5.92 Å². The highest BCUT2D eigenvalue weighted by Gasteiger charge is 2.26. The first-order valence-electron chi connectivity index (χ1n) is 10.4. The van der Waals surface area contributed by atoms with Gasteiger partial charge >= 0.3 is 0 Å². The normalized spacial score (nSPS) is 16.7. The fourth-order valence-electron chi connectivity index (χ4n) is 4.22. The Balaban J connectivity index is 1.27. The summed E-state index contributed by atoms with van der Waals surface area (Å²) in [6.07, 6.45) is 4.69. The Morgan fingerprint density at radius 2 is 1.71 bits per heavy atom. The molecule has 0 saturated carbocycles. The zero-order valence-electron chi connectivity index (χ0n) is 16.5. The number of hydrogen-bond donors (Lipinski definition) is 1. The maximum Gasteiger partial charge on any atom is 0.251 e. The van der Waals surface area contributed by atoms with Crippen LogP contribution in [0.5, 0.6) is 0 Å². The number of piperidine rings is 1. The smallest absolute Gasteiger partial charge is 0.251 e. The SMILES string of the molecule is CC1CCN(CCCCNC(=O)c2ccc3c(c2)C(=O)c2ccccc2-3)CC1. The Hall–Kier alpha value is -2.46. The van der Waals surface area contributed by atoms with Gasteiger partial charge in [-0.3, -0.25) is 9.59 Å².